The van der Waals surface area contributed by atoms with Gasteiger partial charge in [0.15, 0.2) is 0 Å². The van der Waals surface area contributed by atoms with Gasteiger partial charge in [0.2, 0.25) is 0 Å². The summed E-state index contributed by atoms with van der Waals surface area (Å²) in [6.07, 6.45) is 9.86. The molecule has 1 fully saturated rings. The average Bonchev–Trinajstić information content (AvgIpc) is 2.82. The third kappa shape index (κ3) is 9.62. The number of unbranched alkanes of at least 4 members (excludes halogenated alkanes) is 2. The number of hydrogen-bond acceptors (Lipinski definition) is 7. The summed E-state index contributed by atoms with van der Waals surface area (Å²) in [6.45, 7) is 15.9. The van der Waals surface area contributed by atoms with E-state index in [0.717, 1.165) is 32.8 Å². The molecule has 0 aliphatic carbocycles. The summed E-state index contributed by atoms with van der Waals surface area (Å²) in [6, 6.07) is 4.45. The molecule has 0 bridgehead atoms. The van der Waals surface area contributed by atoms with Crippen LogP contribution < -0.4 is 11.2 Å². The van der Waals surface area contributed by atoms with Gasteiger partial charge in [-0.2, -0.15) is 0 Å². The number of nitrogen functional groups attached to an aromatic ring is 1. The van der Waals surface area contributed by atoms with E-state index < -0.39 is 11.5 Å². The number of nitrogens with zero attached hydrogens (tertiary/aromatic N) is 2. The summed E-state index contributed by atoms with van der Waals surface area (Å²) in [7, 11) is 0. The minimum absolute atomic E-state index is 0.107. The van der Waals surface area contributed by atoms with Crippen molar-refractivity contribution in [2.24, 2.45) is 11.8 Å². The van der Waals surface area contributed by atoms with Crippen LogP contribution in [0.1, 0.15) is 96.3 Å². The minimum Gasteiger partial charge on any atom is -0.507 e. The number of hydrogen-bond donors (Lipinski definition) is 3. The zero-order chi connectivity index (χ0) is 25.8. The molecule has 1 aliphatic heterocycles. The van der Waals surface area contributed by atoms with Gasteiger partial charge in [-0.15, -0.1) is 5.48 Å². The fourth-order valence-electron chi connectivity index (χ4n) is 5.24. The van der Waals surface area contributed by atoms with Crippen molar-refractivity contribution in [1.82, 2.24) is 15.3 Å². The van der Waals surface area contributed by atoms with Crippen molar-refractivity contribution < 1.29 is 14.7 Å². The third-order valence-corrected chi connectivity index (χ3v) is 7.30. The van der Waals surface area contributed by atoms with Gasteiger partial charge >= 0.3 is 5.97 Å². The second kappa shape index (κ2) is 14.7. The maximum Gasteiger partial charge on any atom is 0.360 e. The maximum absolute atomic E-state index is 12.7. The molecule has 1 saturated heterocycles. The summed E-state index contributed by atoms with van der Waals surface area (Å²) in [5.74, 6) is 0.583. The second-order valence-corrected chi connectivity index (χ2v) is 10.8. The Morgan fingerprint density at radius 1 is 1.06 bits per heavy atom. The van der Waals surface area contributed by atoms with E-state index in [0.29, 0.717) is 17.5 Å². The quantitative estimate of drug-likeness (QED) is 0.224. The van der Waals surface area contributed by atoms with E-state index >= 15 is 0 Å². The van der Waals surface area contributed by atoms with Gasteiger partial charge in [0.1, 0.15) is 11.3 Å². The zero-order valence-electron chi connectivity index (χ0n) is 22.8. The molecule has 35 heavy (non-hydrogen) atoms. The van der Waals surface area contributed by atoms with Crippen molar-refractivity contribution in [3.8, 4) is 5.75 Å². The van der Waals surface area contributed by atoms with Crippen molar-refractivity contribution in [2.45, 2.75) is 91.5 Å². The van der Waals surface area contributed by atoms with Gasteiger partial charge < -0.3 is 15.7 Å². The molecule has 0 aromatic heterocycles. The monoisotopic (exact) mass is 490 g/mol. The molecular weight excluding hydrogens is 440 g/mol. The Balaban J connectivity index is 2.11. The number of carbonyl (C=O) groups excluding carboxylic acids is 1. The normalized spacial score (nSPS) is 21.1. The Morgan fingerprint density at radius 2 is 1.60 bits per heavy atom. The molecular formula is C28H50N4O3. The highest BCUT2D eigenvalue weighted by atomic mass is 16.7. The molecule has 4 N–H and O–H groups in total. The predicted molar refractivity (Wildman–Crippen MR) is 144 cm³/mol. The first kappa shape index (κ1) is 29.4. The summed E-state index contributed by atoms with van der Waals surface area (Å²) in [4.78, 5) is 23.3. The molecule has 0 radical (unpaired) electrons. The summed E-state index contributed by atoms with van der Waals surface area (Å²) in [5, 5.41) is 10.1. The predicted octanol–water partition coefficient (Wildman–Crippen LogP) is 5.40. The number of anilines is 1. The van der Waals surface area contributed by atoms with Gasteiger partial charge in [-0.1, -0.05) is 66.2 Å². The minimum atomic E-state index is -0.601. The molecule has 2 unspecified atom stereocenters. The first-order valence-corrected chi connectivity index (χ1v) is 13.7. The second-order valence-electron chi connectivity index (χ2n) is 10.8. The van der Waals surface area contributed by atoms with Crippen molar-refractivity contribution >= 4 is 11.7 Å². The lowest BCUT2D eigenvalue weighted by Gasteiger charge is -2.47. The number of phenolic OH excluding ortho intramolecular Hbond substituents is 1. The van der Waals surface area contributed by atoms with E-state index in [1.165, 1.54) is 63.5 Å². The molecule has 0 saturated carbocycles. The van der Waals surface area contributed by atoms with E-state index in [2.05, 4.69) is 49.9 Å². The van der Waals surface area contributed by atoms with Crippen LogP contribution in [0.3, 0.4) is 0 Å². The van der Waals surface area contributed by atoms with E-state index in [9.17, 15) is 9.90 Å². The molecule has 2 rings (SSSR count). The van der Waals surface area contributed by atoms with Gasteiger partial charge in [0, 0.05) is 37.9 Å². The third-order valence-electron chi connectivity index (χ3n) is 7.30. The van der Waals surface area contributed by atoms with Crippen LogP contribution in [0, 0.1) is 11.8 Å². The van der Waals surface area contributed by atoms with Gasteiger partial charge in [0.25, 0.3) is 0 Å². The molecule has 7 heteroatoms. The molecule has 7 nitrogen and oxygen atoms in total. The molecule has 1 aromatic carbocycles. The zero-order valence-corrected chi connectivity index (χ0v) is 22.8. The van der Waals surface area contributed by atoms with E-state index in [-0.39, 0.29) is 11.3 Å². The van der Waals surface area contributed by atoms with Gasteiger partial charge in [0.05, 0.1) is 12.2 Å². The van der Waals surface area contributed by atoms with Crippen LogP contribution in [0.2, 0.25) is 0 Å². The molecule has 200 valence electrons. The number of aromatic hydroxyl groups is 1. The van der Waals surface area contributed by atoms with Crippen molar-refractivity contribution in [1.29, 1.82) is 0 Å². The van der Waals surface area contributed by atoms with Crippen LogP contribution in [-0.2, 0) is 4.84 Å². The standard InChI is InChI=1S/C28H50N4O3/c1-6-10-12-22(8-3)17-31-19-28(5,20-32(21-31)18-23(9-4)13-11-7-2)30-35-27(34)25-15-14-24(29)16-26(25)33/h14-16,22-23,30,33H,6-13,17-21,29H2,1-5H3. The van der Waals surface area contributed by atoms with Crippen LogP contribution in [0.5, 0.6) is 5.75 Å². The summed E-state index contributed by atoms with van der Waals surface area (Å²) < 4.78 is 0. The lowest BCUT2D eigenvalue weighted by atomic mass is 9.93. The van der Waals surface area contributed by atoms with Crippen LogP contribution >= 0.6 is 0 Å². The Morgan fingerprint density at radius 3 is 2.06 bits per heavy atom. The van der Waals surface area contributed by atoms with Crippen LogP contribution in [-0.4, -0.2) is 59.3 Å². The lowest BCUT2D eigenvalue weighted by molar-refractivity contribution is -0.0583. The molecule has 1 heterocycles. The highest BCUT2D eigenvalue weighted by Gasteiger charge is 2.37. The van der Waals surface area contributed by atoms with Gasteiger partial charge in [-0.25, -0.2) is 4.79 Å². The average molecular weight is 491 g/mol. The van der Waals surface area contributed by atoms with Gasteiger partial charge in [-0.3, -0.25) is 9.80 Å². The molecule has 2 atom stereocenters. The van der Waals surface area contributed by atoms with Gasteiger partial charge in [-0.05, 0) is 43.7 Å². The number of nitrogens with two attached hydrogens (primary N) is 1. The molecule has 1 aliphatic rings. The molecule has 0 spiro atoms. The molecule has 1 aromatic rings. The summed E-state index contributed by atoms with van der Waals surface area (Å²) >= 11 is 0. The van der Waals surface area contributed by atoms with Crippen LogP contribution in [0.15, 0.2) is 18.2 Å². The number of rotatable bonds is 15. The Hall–Kier alpha value is -1.83. The Kier molecular flexibility index (Phi) is 12.3. The fourth-order valence-corrected chi connectivity index (χ4v) is 5.24. The van der Waals surface area contributed by atoms with Crippen molar-refractivity contribution in [3.63, 3.8) is 0 Å². The number of carbonyl (C=O) groups is 1. The highest BCUT2D eigenvalue weighted by Crippen LogP contribution is 2.25. The number of benzene rings is 1. The Labute approximate surface area is 213 Å². The smallest absolute Gasteiger partial charge is 0.360 e. The number of nitrogens with one attached hydrogen (secondary N) is 1. The SMILES string of the molecule is CCCCC(CC)CN1CN(CC(CC)CCCC)CC(C)(NOC(=O)c2ccc(N)cc2O)C1. The summed E-state index contributed by atoms with van der Waals surface area (Å²) in [5.41, 5.74) is 8.88. The maximum atomic E-state index is 12.7. The topological polar surface area (TPSA) is 91.1 Å². The highest BCUT2D eigenvalue weighted by molar-refractivity contribution is 5.92. The van der Waals surface area contributed by atoms with E-state index in [4.69, 9.17) is 10.6 Å². The first-order valence-electron chi connectivity index (χ1n) is 13.7. The van der Waals surface area contributed by atoms with Crippen molar-refractivity contribution in [3.05, 3.63) is 23.8 Å². The lowest BCUT2D eigenvalue weighted by Crippen LogP contribution is -2.65. The number of hydroxylamine groups is 1. The van der Waals surface area contributed by atoms with E-state index in [1.54, 1.807) is 6.07 Å². The number of phenols is 1. The van der Waals surface area contributed by atoms with E-state index in [1.807, 2.05) is 0 Å². The Bertz CT molecular complexity index is 747. The van der Waals surface area contributed by atoms with Crippen LogP contribution in [0.25, 0.3) is 0 Å². The first-order chi connectivity index (χ1) is 16.7. The fraction of sp³-hybridized carbons (Fsp3) is 0.750. The van der Waals surface area contributed by atoms with Crippen LogP contribution in [0.4, 0.5) is 5.69 Å². The largest absolute Gasteiger partial charge is 0.507 e. The van der Waals surface area contributed by atoms with Crippen molar-refractivity contribution in [2.75, 3.05) is 38.6 Å². The molecule has 0 amide bonds.